The van der Waals surface area contributed by atoms with E-state index < -0.39 is 0 Å². The number of imide groups is 1. The largest absolute Gasteiger partial charge is 0.268 e. The first kappa shape index (κ1) is 11.4. The highest BCUT2D eigenvalue weighted by molar-refractivity contribution is 14.1. The fourth-order valence-electron chi connectivity index (χ4n) is 2.06. The number of halogens is 1. The highest BCUT2D eigenvalue weighted by atomic mass is 127. The first-order chi connectivity index (χ1) is 8.70. The molecule has 2 amide bonds. The number of carbonyl (C=O) groups excluding carboxylic acids is 2. The van der Waals surface area contributed by atoms with Crippen molar-refractivity contribution in [2.75, 3.05) is 4.90 Å². The molecule has 0 unspecified atom stereocenters. The smallest absolute Gasteiger partial charge is 0.267 e. The normalized spacial score (nSPS) is 13.9. The minimum Gasteiger partial charge on any atom is -0.268 e. The predicted molar refractivity (Wildman–Crippen MR) is 76.7 cm³/mol. The van der Waals surface area contributed by atoms with E-state index in [1.165, 1.54) is 4.90 Å². The first-order valence-corrected chi connectivity index (χ1v) is 6.50. The zero-order valence-corrected chi connectivity index (χ0v) is 11.4. The van der Waals surface area contributed by atoms with Crippen molar-refractivity contribution in [2.24, 2.45) is 0 Å². The topological polar surface area (TPSA) is 37.4 Å². The molecule has 18 heavy (non-hydrogen) atoms. The molecule has 1 aliphatic rings. The minimum atomic E-state index is -0.250. The lowest BCUT2D eigenvalue weighted by atomic mass is 10.1. The van der Waals surface area contributed by atoms with Crippen molar-refractivity contribution in [3.63, 3.8) is 0 Å². The van der Waals surface area contributed by atoms with Crippen LogP contribution in [0, 0.1) is 3.57 Å². The second kappa shape index (κ2) is 4.20. The van der Waals surface area contributed by atoms with E-state index in [4.69, 9.17) is 0 Å². The summed E-state index contributed by atoms with van der Waals surface area (Å²) in [6.45, 7) is 0. The lowest BCUT2D eigenvalue weighted by molar-refractivity contribution is 0.0926. The van der Waals surface area contributed by atoms with E-state index in [0.717, 1.165) is 3.57 Å². The number of anilines is 1. The van der Waals surface area contributed by atoms with E-state index in [-0.39, 0.29) is 11.8 Å². The Labute approximate surface area is 118 Å². The molecule has 1 heterocycles. The second-order valence-corrected chi connectivity index (χ2v) is 5.11. The molecule has 0 saturated heterocycles. The number of nitrogens with zero attached hydrogens (tertiary/aromatic N) is 1. The zero-order chi connectivity index (χ0) is 12.7. The van der Waals surface area contributed by atoms with E-state index in [0.29, 0.717) is 16.8 Å². The van der Waals surface area contributed by atoms with Crippen LogP contribution in [-0.2, 0) is 0 Å². The molecule has 0 radical (unpaired) electrons. The summed E-state index contributed by atoms with van der Waals surface area (Å²) in [6.07, 6.45) is 0. The van der Waals surface area contributed by atoms with Gasteiger partial charge in [-0.3, -0.25) is 9.59 Å². The summed E-state index contributed by atoms with van der Waals surface area (Å²) in [5, 5.41) is 0. The Bertz CT molecular complexity index is 652. The lowest BCUT2D eigenvalue weighted by Crippen LogP contribution is -2.29. The van der Waals surface area contributed by atoms with Crippen molar-refractivity contribution in [3.8, 4) is 0 Å². The van der Waals surface area contributed by atoms with Crippen LogP contribution in [0.4, 0.5) is 5.69 Å². The standard InChI is InChI=1S/C14H8INO2/c15-11-8-4-7-10-12(11)14(18)16(13(10)17)9-5-2-1-3-6-9/h1-8H. The third kappa shape index (κ3) is 1.56. The number of fused-ring (bicyclic) bond motifs is 1. The summed E-state index contributed by atoms with van der Waals surface area (Å²) in [5.41, 5.74) is 1.60. The van der Waals surface area contributed by atoms with Crippen molar-refractivity contribution in [1.82, 2.24) is 0 Å². The molecule has 1 aliphatic heterocycles. The molecule has 3 rings (SSSR count). The van der Waals surface area contributed by atoms with Crippen LogP contribution in [0.2, 0.25) is 0 Å². The van der Waals surface area contributed by atoms with Crippen LogP contribution in [0.1, 0.15) is 20.7 Å². The van der Waals surface area contributed by atoms with Gasteiger partial charge in [-0.2, -0.15) is 0 Å². The fourth-order valence-corrected chi connectivity index (χ4v) is 2.78. The molecule has 88 valence electrons. The van der Waals surface area contributed by atoms with Crippen LogP contribution in [0.15, 0.2) is 48.5 Å². The third-order valence-corrected chi connectivity index (χ3v) is 3.78. The molecular weight excluding hydrogens is 341 g/mol. The Balaban J connectivity index is 2.17. The maximum absolute atomic E-state index is 12.3. The number of amides is 2. The summed E-state index contributed by atoms with van der Waals surface area (Å²) < 4.78 is 0.807. The maximum atomic E-state index is 12.3. The van der Waals surface area contributed by atoms with Crippen LogP contribution < -0.4 is 4.90 Å². The highest BCUT2D eigenvalue weighted by Gasteiger charge is 2.37. The van der Waals surface area contributed by atoms with Crippen molar-refractivity contribution in [1.29, 1.82) is 0 Å². The van der Waals surface area contributed by atoms with Gasteiger partial charge in [0.15, 0.2) is 0 Å². The van der Waals surface area contributed by atoms with Gasteiger partial charge in [-0.15, -0.1) is 0 Å². The lowest BCUT2D eigenvalue weighted by Gasteiger charge is -2.13. The van der Waals surface area contributed by atoms with Gasteiger partial charge in [-0.25, -0.2) is 4.90 Å². The van der Waals surface area contributed by atoms with Crippen LogP contribution >= 0.6 is 22.6 Å². The molecule has 3 nitrogen and oxygen atoms in total. The molecule has 0 fully saturated rings. The fraction of sp³-hybridized carbons (Fsp3) is 0. The van der Waals surface area contributed by atoms with Gasteiger partial charge in [-0.1, -0.05) is 24.3 Å². The molecule has 4 heteroatoms. The van der Waals surface area contributed by atoms with Gasteiger partial charge < -0.3 is 0 Å². The van der Waals surface area contributed by atoms with Gasteiger partial charge in [-0.05, 0) is 46.9 Å². The van der Waals surface area contributed by atoms with Crippen molar-refractivity contribution in [3.05, 3.63) is 63.2 Å². The minimum absolute atomic E-state index is 0.244. The zero-order valence-electron chi connectivity index (χ0n) is 9.26. The van der Waals surface area contributed by atoms with E-state index >= 15 is 0 Å². The molecule has 2 aromatic carbocycles. The van der Waals surface area contributed by atoms with E-state index in [1.807, 2.05) is 24.3 Å². The van der Waals surface area contributed by atoms with Crippen molar-refractivity contribution < 1.29 is 9.59 Å². The number of rotatable bonds is 1. The molecule has 0 bridgehead atoms. The van der Waals surface area contributed by atoms with Crippen LogP contribution in [0.25, 0.3) is 0 Å². The SMILES string of the molecule is O=C1c2cccc(I)c2C(=O)N1c1ccccc1. The summed E-state index contributed by atoms with van der Waals surface area (Å²) in [5.74, 6) is -0.495. The van der Waals surface area contributed by atoms with E-state index in [1.54, 1.807) is 24.3 Å². The monoisotopic (exact) mass is 349 g/mol. The number of benzene rings is 2. The summed E-state index contributed by atoms with van der Waals surface area (Å²) >= 11 is 2.08. The van der Waals surface area contributed by atoms with Crippen molar-refractivity contribution in [2.45, 2.75) is 0 Å². The van der Waals surface area contributed by atoms with Gasteiger partial charge in [0.25, 0.3) is 11.8 Å². The molecular formula is C14H8INO2. The highest BCUT2D eigenvalue weighted by Crippen LogP contribution is 2.30. The second-order valence-electron chi connectivity index (χ2n) is 3.94. The molecule has 0 spiro atoms. The van der Waals surface area contributed by atoms with Gasteiger partial charge in [0.2, 0.25) is 0 Å². The van der Waals surface area contributed by atoms with Gasteiger partial charge >= 0.3 is 0 Å². The Morgan fingerprint density at radius 1 is 0.833 bits per heavy atom. The number of para-hydroxylation sites is 1. The molecule has 0 aliphatic carbocycles. The Kier molecular flexibility index (Phi) is 2.66. The molecule has 0 atom stereocenters. The summed E-state index contributed by atoms with van der Waals surface area (Å²) in [4.78, 5) is 25.8. The Morgan fingerprint density at radius 3 is 2.22 bits per heavy atom. The number of hydrogen-bond acceptors (Lipinski definition) is 2. The Morgan fingerprint density at radius 2 is 1.56 bits per heavy atom. The summed E-state index contributed by atoms with van der Waals surface area (Å²) in [6, 6.07) is 14.3. The first-order valence-electron chi connectivity index (χ1n) is 5.42. The van der Waals surface area contributed by atoms with Crippen molar-refractivity contribution >= 4 is 40.1 Å². The molecule has 2 aromatic rings. The quantitative estimate of drug-likeness (QED) is 0.586. The number of carbonyl (C=O) groups is 2. The Hall–Kier alpha value is -1.69. The van der Waals surface area contributed by atoms with E-state index in [9.17, 15) is 9.59 Å². The van der Waals surface area contributed by atoms with Gasteiger partial charge in [0.05, 0.1) is 16.8 Å². The van der Waals surface area contributed by atoms with Crippen LogP contribution in [0.5, 0.6) is 0 Å². The summed E-state index contributed by atoms with van der Waals surface area (Å²) in [7, 11) is 0. The third-order valence-electron chi connectivity index (χ3n) is 2.88. The van der Waals surface area contributed by atoms with Gasteiger partial charge in [0.1, 0.15) is 0 Å². The average molecular weight is 349 g/mol. The molecule has 0 aromatic heterocycles. The predicted octanol–water partition coefficient (Wildman–Crippen LogP) is 3.09. The average Bonchev–Trinajstić information content (AvgIpc) is 2.64. The van der Waals surface area contributed by atoms with E-state index in [2.05, 4.69) is 22.6 Å². The van der Waals surface area contributed by atoms with Crippen LogP contribution in [0.3, 0.4) is 0 Å². The molecule has 0 saturated carbocycles. The number of hydrogen-bond donors (Lipinski definition) is 0. The van der Waals surface area contributed by atoms with Crippen LogP contribution in [-0.4, -0.2) is 11.8 Å². The van der Waals surface area contributed by atoms with Gasteiger partial charge in [0, 0.05) is 3.57 Å². The molecule has 0 N–H and O–H groups in total. The maximum Gasteiger partial charge on any atom is 0.267 e.